The summed E-state index contributed by atoms with van der Waals surface area (Å²) >= 11 is 1.76. The van der Waals surface area contributed by atoms with E-state index in [1.165, 1.54) is 33.0 Å². The van der Waals surface area contributed by atoms with Gasteiger partial charge in [0.2, 0.25) is 0 Å². The van der Waals surface area contributed by atoms with Crippen molar-refractivity contribution in [1.29, 1.82) is 0 Å². The van der Waals surface area contributed by atoms with Crippen LogP contribution in [0.5, 0.6) is 0 Å². The Hall–Kier alpha value is -6.96. The fraction of sp³-hybridized carbons (Fsp3) is 0.0800. The van der Waals surface area contributed by atoms with Gasteiger partial charge in [0.25, 0.3) is 0 Å². The highest BCUT2D eigenvalue weighted by Gasteiger charge is 2.16. The zero-order chi connectivity index (χ0) is 39.7. The fourth-order valence-electron chi connectivity index (χ4n) is 6.39. The number of ether oxygens (including phenoxy) is 2. The first-order valence-corrected chi connectivity index (χ1v) is 19.4. The van der Waals surface area contributed by atoms with Crippen LogP contribution in [0.4, 0.5) is 34.1 Å². The van der Waals surface area contributed by atoms with Crippen LogP contribution in [0.25, 0.3) is 20.9 Å². The van der Waals surface area contributed by atoms with Gasteiger partial charge in [-0.05, 0) is 121 Å². The monoisotopic (exact) mass is 766 g/mol. The van der Waals surface area contributed by atoms with Crippen molar-refractivity contribution in [3.63, 3.8) is 0 Å². The maximum Gasteiger partial charge on any atom is 0.330 e. The molecule has 0 fully saturated rings. The fourth-order valence-corrected chi connectivity index (χ4v) is 7.41. The Bertz CT molecular complexity index is 2290. The van der Waals surface area contributed by atoms with Gasteiger partial charge in [0, 0.05) is 56.0 Å². The summed E-state index contributed by atoms with van der Waals surface area (Å²) in [4.78, 5) is 30.0. The van der Waals surface area contributed by atoms with Crippen LogP contribution in [0.1, 0.15) is 22.3 Å². The van der Waals surface area contributed by atoms with Crippen molar-refractivity contribution in [3.05, 3.63) is 205 Å². The Labute approximate surface area is 338 Å². The number of carbonyl (C=O) groups excluding carboxylic acids is 2. The molecule has 0 aliphatic rings. The molecule has 7 rings (SSSR count). The first-order chi connectivity index (χ1) is 27.8. The second kappa shape index (κ2) is 17.7. The number of hydrogen-bond donors (Lipinski definition) is 0. The van der Waals surface area contributed by atoms with E-state index in [2.05, 4.69) is 146 Å². The topological polar surface area (TPSA) is 59.1 Å². The highest BCUT2D eigenvalue weighted by Crippen LogP contribution is 2.40. The molecule has 6 aromatic carbocycles. The maximum atomic E-state index is 11.6. The van der Waals surface area contributed by atoms with Crippen LogP contribution in [0.2, 0.25) is 0 Å². The summed E-state index contributed by atoms with van der Waals surface area (Å²) in [6.45, 7) is 11.5. The summed E-state index contributed by atoms with van der Waals surface area (Å²) in [5.74, 6) is -0.882. The summed E-state index contributed by atoms with van der Waals surface area (Å²) in [7, 11) is 0. The van der Waals surface area contributed by atoms with Crippen LogP contribution in [-0.4, -0.2) is 11.9 Å². The van der Waals surface area contributed by atoms with Gasteiger partial charge in [-0.15, -0.1) is 11.3 Å². The number of thiophene rings is 1. The van der Waals surface area contributed by atoms with Gasteiger partial charge >= 0.3 is 11.9 Å². The summed E-state index contributed by atoms with van der Waals surface area (Å²) in [6, 6.07) is 54.7. The van der Waals surface area contributed by atoms with Crippen molar-refractivity contribution in [3.8, 4) is 20.9 Å². The van der Waals surface area contributed by atoms with Gasteiger partial charge in [-0.2, -0.15) is 0 Å². The Morgan fingerprint density at radius 3 is 1.04 bits per heavy atom. The molecule has 0 saturated carbocycles. The number of aryl methyl sites for hydroxylation is 2. The summed E-state index contributed by atoms with van der Waals surface area (Å²) < 4.78 is 10.5. The molecule has 0 atom stereocenters. The van der Waals surface area contributed by atoms with Crippen molar-refractivity contribution in [2.75, 3.05) is 9.80 Å². The van der Waals surface area contributed by atoms with E-state index in [9.17, 15) is 9.59 Å². The molecule has 0 N–H and O–H groups in total. The number of nitrogens with zero attached hydrogens (tertiary/aromatic N) is 2. The van der Waals surface area contributed by atoms with Crippen molar-refractivity contribution >= 4 is 57.4 Å². The first-order valence-electron chi connectivity index (χ1n) is 18.6. The van der Waals surface area contributed by atoms with Gasteiger partial charge < -0.3 is 19.3 Å². The first kappa shape index (κ1) is 38.3. The van der Waals surface area contributed by atoms with Gasteiger partial charge in [0.15, 0.2) is 0 Å². The SMILES string of the molecule is C=CC(=O)OCc1ccc(N(c2ccc(C)cc2)c2ccc(-c3ccc(-c4ccc(N(c5ccc(C)cc5)c5ccc(COC(=O)C=C)cc5)cc4)s3)cc2)cc1. The average molecular weight is 767 g/mol. The Morgan fingerprint density at radius 2 is 0.737 bits per heavy atom. The Morgan fingerprint density at radius 1 is 0.456 bits per heavy atom. The van der Waals surface area contributed by atoms with Crippen molar-refractivity contribution in [1.82, 2.24) is 0 Å². The molecule has 57 heavy (non-hydrogen) atoms. The molecule has 7 aromatic rings. The molecule has 0 saturated heterocycles. The van der Waals surface area contributed by atoms with Crippen LogP contribution in [0.3, 0.4) is 0 Å². The minimum atomic E-state index is -0.441. The molecule has 1 aromatic heterocycles. The lowest BCUT2D eigenvalue weighted by Crippen LogP contribution is -2.10. The number of hydrogen-bond acceptors (Lipinski definition) is 7. The molecule has 0 spiro atoms. The molecular formula is C50H42N2O4S. The van der Waals surface area contributed by atoms with Crippen LogP contribution >= 0.6 is 11.3 Å². The van der Waals surface area contributed by atoms with E-state index in [-0.39, 0.29) is 13.2 Å². The number of benzene rings is 6. The molecular weight excluding hydrogens is 725 g/mol. The van der Waals surface area contributed by atoms with Crippen LogP contribution in [0, 0.1) is 13.8 Å². The van der Waals surface area contributed by atoms with E-state index in [4.69, 9.17) is 9.47 Å². The van der Waals surface area contributed by atoms with Crippen LogP contribution in [0.15, 0.2) is 183 Å². The maximum absolute atomic E-state index is 11.6. The van der Waals surface area contributed by atoms with Gasteiger partial charge in [-0.3, -0.25) is 0 Å². The predicted octanol–water partition coefficient (Wildman–Crippen LogP) is 13.1. The minimum Gasteiger partial charge on any atom is -0.458 e. The van der Waals surface area contributed by atoms with E-state index in [1.54, 1.807) is 11.3 Å². The Balaban J connectivity index is 1.11. The third kappa shape index (κ3) is 9.30. The third-order valence-corrected chi connectivity index (χ3v) is 10.7. The number of carbonyl (C=O) groups is 2. The van der Waals surface area contributed by atoms with E-state index in [0.29, 0.717) is 0 Å². The molecule has 7 heteroatoms. The van der Waals surface area contributed by atoms with Crippen LogP contribution < -0.4 is 9.80 Å². The largest absolute Gasteiger partial charge is 0.458 e. The quantitative estimate of drug-likeness (QED) is 0.0811. The normalized spacial score (nSPS) is 10.7. The van der Waals surface area contributed by atoms with Gasteiger partial charge in [0.05, 0.1) is 0 Å². The lowest BCUT2D eigenvalue weighted by Gasteiger charge is -2.26. The second-order valence-electron chi connectivity index (χ2n) is 13.6. The van der Waals surface area contributed by atoms with Crippen LogP contribution in [-0.2, 0) is 32.3 Å². The molecule has 0 bridgehead atoms. The Kier molecular flexibility index (Phi) is 11.9. The highest BCUT2D eigenvalue weighted by molar-refractivity contribution is 7.18. The molecule has 0 unspecified atom stereocenters. The predicted molar refractivity (Wildman–Crippen MR) is 234 cm³/mol. The van der Waals surface area contributed by atoms with E-state index >= 15 is 0 Å². The number of rotatable bonds is 14. The molecule has 0 aliphatic carbocycles. The van der Waals surface area contributed by atoms with E-state index in [1.807, 2.05) is 48.5 Å². The lowest BCUT2D eigenvalue weighted by atomic mass is 10.1. The smallest absolute Gasteiger partial charge is 0.330 e. The molecule has 0 aliphatic heterocycles. The zero-order valence-electron chi connectivity index (χ0n) is 31.9. The van der Waals surface area contributed by atoms with E-state index in [0.717, 1.165) is 56.4 Å². The third-order valence-electron chi connectivity index (χ3n) is 9.49. The molecule has 282 valence electrons. The summed E-state index contributed by atoms with van der Waals surface area (Å²) in [6.07, 6.45) is 2.34. The second-order valence-corrected chi connectivity index (χ2v) is 14.6. The van der Waals surface area contributed by atoms with Gasteiger partial charge in [0.1, 0.15) is 13.2 Å². The molecule has 1 heterocycles. The average Bonchev–Trinajstić information content (AvgIpc) is 3.75. The summed E-state index contributed by atoms with van der Waals surface area (Å²) in [5.41, 5.74) is 12.6. The van der Waals surface area contributed by atoms with Gasteiger partial charge in [-0.1, -0.05) is 97.1 Å². The summed E-state index contributed by atoms with van der Waals surface area (Å²) in [5, 5.41) is 0. The van der Waals surface area contributed by atoms with Crippen molar-refractivity contribution < 1.29 is 19.1 Å². The number of anilines is 6. The van der Waals surface area contributed by atoms with E-state index < -0.39 is 11.9 Å². The van der Waals surface area contributed by atoms with Crippen molar-refractivity contribution in [2.24, 2.45) is 0 Å². The molecule has 0 radical (unpaired) electrons. The van der Waals surface area contributed by atoms with Gasteiger partial charge in [-0.25, -0.2) is 9.59 Å². The molecule has 0 amide bonds. The van der Waals surface area contributed by atoms with Crippen molar-refractivity contribution in [2.45, 2.75) is 27.1 Å². The molecule has 6 nitrogen and oxygen atoms in total. The minimum absolute atomic E-state index is 0.191. The lowest BCUT2D eigenvalue weighted by molar-refractivity contribution is -0.139. The zero-order valence-corrected chi connectivity index (χ0v) is 32.7. The highest BCUT2D eigenvalue weighted by atomic mass is 32.1. The standard InChI is InChI=1S/C50H42N2O4S/c1-5-49(53)55-33-37-11-23-43(24-12-37)51(41-19-7-35(3)8-20-41)45-27-15-39(16-28-45)47-31-32-48(57-47)40-17-29-46(30-18-40)52(42-21-9-36(4)10-22-42)44-25-13-38(14-26-44)34-56-50(54)6-2/h5-32H,1-2,33-34H2,3-4H3. The number of esters is 2.